The molecule has 0 atom stereocenters. The molecule has 0 bridgehead atoms. The Labute approximate surface area is 164 Å². The van der Waals surface area contributed by atoms with E-state index in [2.05, 4.69) is 18.8 Å². The molecule has 0 saturated heterocycles. The van der Waals surface area contributed by atoms with E-state index in [1.165, 1.54) is 24.7 Å². The molecule has 0 aliphatic carbocycles. The Morgan fingerprint density at radius 3 is 2.37 bits per heavy atom. The van der Waals surface area contributed by atoms with Gasteiger partial charge in [0.25, 0.3) is 0 Å². The first-order chi connectivity index (χ1) is 12.9. The summed E-state index contributed by atoms with van der Waals surface area (Å²) in [6, 6.07) is 3.68. The summed E-state index contributed by atoms with van der Waals surface area (Å²) in [4.78, 5) is 28.2. The van der Waals surface area contributed by atoms with Gasteiger partial charge in [-0.1, -0.05) is 34.1 Å². The third-order valence-corrected chi connectivity index (χ3v) is 4.56. The number of aromatic nitrogens is 1. The number of ether oxygens (including phenoxy) is 1. The van der Waals surface area contributed by atoms with Crippen LogP contribution >= 0.6 is 11.3 Å². The van der Waals surface area contributed by atoms with Crippen molar-refractivity contribution in [3.8, 4) is 5.75 Å². The average molecular weight is 392 g/mol. The average Bonchev–Trinajstić information content (AvgIpc) is 3.24. The van der Waals surface area contributed by atoms with Crippen LogP contribution in [0.15, 0.2) is 16.5 Å². The van der Waals surface area contributed by atoms with Gasteiger partial charge < -0.3 is 13.9 Å². The predicted molar refractivity (Wildman–Crippen MR) is 112 cm³/mol. The minimum absolute atomic E-state index is 0.0191. The topological polar surface area (TPSA) is 69.4 Å². The van der Waals surface area contributed by atoms with Crippen molar-refractivity contribution in [1.82, 2.24) is 4.98 Å². The van der Waals surface area contributed by atoms with Crippen LogP contribution in [0.5, 0.6) is 5.75 Å². The summed E-state index contributed by atoms with van der Waals surface area (Å²) < 4.78 is 11.8. The number of hydrogen-bond acceptors (Lipinski definition) is 6. The van der Waals surface area contributed by atoms with E-state index in [0.717, 1.165) is 10.1 Å². The summed E-state index contributed by atoms with van der Waals surface area (Å²) >= 11 is 1.39. The van der Waals surface area contributed by atoms with E-state index >= 15 is 0 Å². The van der Waals surface area contributed by atoms with Gasteiger partial charge in [-0.25, -0.2) is 4.98 Å². The quantitative estimate of drug-likeness (QED) is 0.474. The van der Waals surface area contributed by atoms with E-state index in [1.54, 1.807) is 14.0 Å². The van der Waals surface area contributed by atoms with Crippen molar-refractivity contribution in [2.75, 3.05) is 7.11 Å². The molecule has 3 aromatic rings. The Morgan fingerprint density at radius 1 is 1.19 bits per heavy atom. The molecule has 0 saturated carbocycles. The number of carbonyl (C=O) groups is 2. The maximum absolute atomic E-state index is 12.2. The van der Waals surface area contributed by atoms with Crippen molar-refractivity contribution in [1.29, 1.82) is 0 Å². The SMILES string of the molecule is CC.CCC.COc1cc2sc(C(=O)CCC(C)=O)cc2c2nc(C)oc12. The molecule has 0 amide bonds. The van der Waals surface area contributed by atoms with E-state index in [1.807, 2.05) is 26.0 Å². The van der Waals surface area contributed by atoms with Crippen LogP contribution < -0.4 is 4.74 Å². The zero-order valence-corrected chi connectivity index (χ0v) is 18.1. The molecule has 2 aromatic heterocycles. The predicted octanol–water partition coefficient (Wildman–Crippen LogP) is 6.35. The molecule has 148 valence electrons. The first-order valence-electron chi connectivity index (χ1n) is 9.31. The zero-order valence-electron chi connectivity index (χ0n) is 17.3. The highest BCUT2D eigenvalue weighted by molar-refractivity contribution is 7.21. The number of rotatable bonds is 5. The van der Waals surface area contributed by atoms with Crippen LogP contribution in [0.4, 0.5) is 0 Å². The number of fused-ring (bicyclic) bond motifs is 3. The maximum Gasteiger partial charge on any atom is 0.197 e. The summed E-state index contributed by atoms with van der Waals surface area (Å²) in [7, 11) is 1.57. The third kappa shape index (κ3) is 5.63. The van der Waals surface area contributed by atoms with Crippen molar-refractivity contribution in [2.45, 2.75) is 60.8 Å². The van der Waals surface area contributed by atoms with E-state index < -0.39 is 0 Å². The highest BCUT2D eigenvalue weighted by Gasteiger charge is 2.18. The second-order valence-electron chi connectivity index (χ2n) is 5.84. The van der Waals surface area contributed by atoms with E-state index in [-0.39, 0.29) is 24.4 Å². The minimum atomic E-state index is -0.0243. The fourth-order valence-corrected chi connectivity index (χ4v) is 3.42. The molecule has 0 aliphatic rings. The lowest BCUT2D eigenvalue weighted by atomic mass is 10.1. The van der Waals surface area contributed by atoms with Crippen molar-refractivity contribution >= 4 is 44.1 Å². The molecule has 6 heteroatoms. The number of benzene rings is 1. The smallest absolute Gasteiger partial charge is 0.197 e. The van der Waals surface area contributed by atoms with Crippen LogP contribution in [-0.4, -0.2) is 23.7 Å². The lowest BCUT2D eigenvalue weighted by Crippen LogP contribution is -1.99. The molecule has 27 heavy (non-hydrogen) atoms. The monoisotopic (exact) mass is 391 g/mol. The van der Waals surface area contributed by atoms with Gasteiger partial charge in [-0.3, -0.25) is 4.79 Å². The summed E-state index contributed by atoms with van der Waals surface area (Å²) in [5, 5.41) is 0.879. The van der Waals surface area contributed by atoms with Crippen LogP contribution in [-0.2, 0) is 4.79 Å². The normalized spacial score (nSPS) is 10.0. The van der Waals surface area contributed by atoms with Gasteiger partial charge in [-0.05, 0) is 13.0 Å². The van der Waals surface area contributed by atoms with Gasteiger partial charge in [0.1, 0.15) is 11.3 Å². The molecule has 0 aliphatic heterocycles. The first-order valence-corrected chi connectivity index (χ1v) is 10.1. The highest BCUT2D eigenvalue weighted by Crippen LogP contribution is 2.38. The van der Waals surface area contributed by atoms with Crippen molar-refractivity contribution in [3.05, 3.63) is 22.9 Å². The number of carbonyl (C=O) groups excluding carboxylic acids is 2. The lowest BCUT2D eigenvalue weighted by molar-refractivity contribution is -0.116. The summed E-state index contributed by atoms with van der Waals surface area (Å²) in [5.74, 6) is 1.15. The van der Waals surface area contributed by atoms with Gasteiger partial charge in [0.15, 0.2) is 23.0 Å². The Kier molecular flexibility index (Phi) is 9.15. The fraction of sp³-hybridized carbons (Fsp3) is 0.476. The molecule has 0 radical (unpaired) electrons. The molecule has 0 N–H and O–H groups in total. The van der Waals surface area contributed by atoms with Gasteiger partial charge in [0.05, 0.1) is 12.0 Å². The zero-order chi connectivity index (χ0) is 20.6. The van der Waals surface area contributed by atoms with Crippen LogP contribution in [0.3, 0.4) is 0 Å². The van der Waals surface area contributed by atoms with Gasteiger partial charge in [-0.2, -0.15) is 0 Å². The molecule has 1 aromatic carbocycles. The Bertz CT molecular complexity index is 908. The molecule has 0 unspecified atom stereocenters. The van der Waals surface area contributed by atoms with Crippen LogP contribution in [0.25, 0.3) is 21.2 Å². The number of aryl methyl sites for hydroxylation is 1. The number of thiophene rings is 1. The Hall–Kier alpha value is -2.21. The standard InChI is InChI=1S/C16H15NO4S.C3H8.C2H6/c1-8(18)4-5-11(19)14-6-10-13(22-14)7-12(20-3)16-15(10)17-9(2)21-16;1-3-2;1-2/h6-7H,4-5H2,1-3H3;3H2,1-2H3;1-2H3. The van der Waals surface area contributed by atoms with Crippen molar-refractivity contribution in [3.63, 3.8) is 0 Å². The second kappa shape index (κ2) is 10.8. The van der Waals surface area contributed by atoms with E-state index in [4.69, 9.17) is 9.15 Å². The number of nitrogens with zero attached hydrogens (tertiary/aromatic N) is 1. The van der Waals surface area contributed by atoms with Crippen molar-refractivity contribution in [2.24, 2.45) is 0 Å². The number of hydrogen-bond donors (Lipinski definition) is 0. The maximum atomic E-state index is 12.2. The minimum Gasteiger partial charge on any atom is -0.493 e. The van der Waals surface area contributed by atoms with Gasteiger partial charge >= 0.3 is 0 Å². The first kappa shape index (κ1) is 22.8. The number of oxazole rings is 1. The third-order valence-electron chi connectivity index (χ3n) is 3.43. The molecule has 5 nitrogen and oxygen atoms in total. The second-order valence-corrected chi connectivity index (χ2v) is 6.93. The van der Waals surface area contributed by atoms with Crippen molar-refractivity contribution < 1.29 is 18.7 Å². The number of ketones is 2. The van der Waals surface area contributed by atoms with Crippen LogP contribution in [0.1, 0.15) is 69.4 Å². The molecule has 0 fully saturated rings. The van der Waals surface area contributed by atoms with E-state index in [9.17, 15) is 9.59 Å². The Balaban J connectivity index is 0.000000665. The number of methoxy groups -OCH3 is 1. The largest absolute Gasteiger partial charge is 0.493 e. The van der Waals surface area contributed by atoms with Gasteiger partial charge in [-0.15, -0.1) is 11.3 Å². The molecule has 0 spiro atoms. The van der Waals surface area contributed by atoms with Crippen LogP contribution in [0, 0.1) is 6.92 Å². The summed E-state index contributed by atoms with van der Waals surface area (Å²) in [5.41, 5.74) is 1.29. The molecular formula is C21H29NO4S. The summed E-state index contributed by atoms with van der Waals surface area (Å²) in [6.07, 6.45) is 1.76. The lowest BCUT2D eigenvalue weighted by Gasteiger charge is -1.99. The Morgan fingerprint density at radius 2 is 1.81 bits per heavy atom. The molecule has 2 heterocycles. The fourth-order valence-electron chi connectivity index (χ4n) is 2.36. The van der Waals surface area contributed by atoms with Gasteiger partial charge in [0, 0.05) is 35.9 Å². The highest BCUT2D eigenvalue weighted by atomic mass is 32.1. The van der Waals surface area contributed by atoms with E-state index in [0.29, 0.717) is 27.6 Å². The van der Waals surface area contributed by atoms with Crippen LogP contribution in [0.2, 0.25) is 0 Å². The summed E-state index contributed by atoms with van der Waals surface area (Å²) in [6.45, 7) is 11.5. The number of Topliss-reactive ketones (excluding diaryl/α,β-unsaturated/α-hetero) is 2. The van der Waals surface area contributed by atoms with Gasteiger partial charge in [0.2, 0.25) is 0 Å². The molecular weight excluding hydrogens is 362 g/mol. The molecule has 3 rings (SSSR count).